The number of aromatic hydroxyl groups is 1. The number of amides is 2. The summed E-state index contributed by atoms with van der Waals surface area (Å²) < 4.78 is 5.33. The summed E-state index contributed by atoms with van der Waals surface area (Å²) in [4.78, 5) is 24.0. The SMILES string of the molecule is CCOc1ccc(C(=O)NCC(=O)NN=Cc2c(O)ccc3ccccc23)cc1. The second-order valence-corrected chi connectivity index (χ2v) is 6.15. The molecule has 0 spiro atoms. The van der Waals surface area contributed by atoms with Crippen LogP contribution in [0.5, 0.6) is 11.5 Å². The number of fused-ring (bicyclic) bond motifs is 1. The molecule has 3 aromatic carbocycles. The molecule has 3 N–H and O–H groups in total. The summed E-state index contributed by atoms with van der Waals surface area (Å²) in [6.45, 7) is 2.19. The van der Waals surface area contributed by atoms with Crippen molar-refractivity contribution in [3.63, 3.8) is 0 Å². The van der Waals surface area contributed by atoms with Crippen LogP contribution in [0.2, 0.25) is 0 Å². The fourth-order valence-corrected chi connectivity index (χ4v) is 2.76. The zero-order chi connectivity index (χ0) is 20.6. The maximum atomic E-state index is 12.1. The molecule has 0 atom stereocenters. The van der Waals surface area contributed by atoms with Crippen molar-refractivity contribution < 1.29 is 19.4 Å². The van der Waals surface area contributed by atoms with Crippen LogP contribution in [0.4, 0.5) is 0 Å². The van der Waals surface area contributed by atoms with E-state index in [1.807, 2.05) is 31.2 Å². The molecule has 0 radical (unpaired) electrons. The van der Waals surface area contributed by atoms with Crippen LogP contribution in [0.15, 0.2) is 65.8 Å². The van der Waals surface area contributed by atoms with Crippen LogP contribution >= 0.6 is 0 Å². The van der Waals surface area contributed by atoms with E-state index >= 15 is 0 Å². The van der Waals surface area contributed by atoms with Gasteiger partial charge < -0.3 is 15.2 Å². The van der Waals surface area contributed by atoms with Gasteiger partial charge >= 0.3 is 0 Å². The van der Waals surface area contributed by atoms with Crippen molar-refractivity contribution in [1.29, 1.82) is 0 Å². The van der Waals surface area contributed by atoms with Crippen LogP contribution in [-0.2, 0) is 4.79 Å². The molecule has 2 amide bonds. The van der Waals surface area contributed by atoms with E-state index < -0.39 is 5.91 Å². The minimum absolute atomic E-state index is 0.0606. The largest absolute Gasteiger partial charge is 0.507 e. The number of carbonyl (C=O) groups excluding carboxylic acids is 2. The monoisotopic (exact) mass is 391 g/mol. The highest BCUT2D eigenvalue weighted by atomic mass is 16.5. The first-order chi connectivity index (χ1) is 14.1. The van der Waals surface area contributed by atoms with Gasteiger partial charge in [0.1, 0.15) is 11.5 Å². The molecular weight excluding hydrogens is 370 g/mol. The number of benzene rings is 3. The molecule has 0 fully saturated rings. The molecule has 3 aromatic rings. The van der Waals surface area contributed by atoms with E-state index in [1.165, 1.54) is 6.21 Å². The Morgan fingerprint density at radius 2 is 1.83 bits per heavy atom. The molecule has 7 heteroatoms. The first kappa shape index (κ1) is 19.9. The zero-order valence-corrected chi connectivity index (χ0v) is 15.9. The third-order valence-corrected chi connectivity index (χ3v) is 4.17. The minimum Gasteiger partial charge on any atom is -0.507 e. The van der Waals surface area contributed by atoms with Gasteiger partial charge in [0.2, 0.25) is 0 Å². The molecule has 0 unspecified atom stereocenters. The van der Waals surface area contributed by atoms with Crippen LogP contribution in [0.1, 0.15) is 22.8 Å². The van der Waals surface area contributed by atoms with Crippen LogP contribution in [0.25, 0.3) is 10.8 Å². The van der Waals surface area contributed by atoms with Gasteiger partial charge in [-0.1, -0.05) is 30.3 Å². The third kappa shape index (κ3) is 5.10. The van der Waals surface area contributed by atoms with Gasteiger partial charge in [0, 0.05) is 11.1 Å². The maximum absolute atomic E-state index is 12.1. The van der Waals surface area contributed by atoms with Crippen molar-refractivity contribution in [2.45, 2.75) is 6.92 Å². The van der Waals surface area contributed by atoms with Crippen molar-refractivity contribution >= 4 is 28.8 Å². The predicted molar refractivity (Wildman–Crippen MR) is 111 cm³/mol. The molecule has 3 rings (SSSR count). The van der Waals surface area contributed by atoms with Gasteiger partial charge in [-0.2, -0.15) is 5.10 Å². The van der Waals surface area contributed by atoms with Crippen molar-refractivity contribution in [2.75, 3.05) is 13.2 Å². The first-order valence-corrected chi connectivity index (χ1v) is 9.12. The normalized spacial score (nSPS) is 10.8. The lowest BCUT2D eigenvalue weighted by molar-refractivity contribution is -0.120. The Bertz CT molecular complexity index is 1050. The van der Waals surface area contributed by atoms with E-state index in [0.717, 1.165) is 10.8 Å². The molecule has 0 saturated heterocycles. The summed E-state index contributed by atoms with van der Waals surface area (Å²) in [6.07, 6.45) is 1.38. The number of hydrogen-bond donors (Lipinski definition) is 3. The van der Waals surface area contributed by atoms with Crippen LogP contribution in [0, 0.1) is 0 Å². The highest BCUT2D eigenvalue weighted by molar-refractivity contribution is 6.02. The minimum atomic E-state index is -0.486. The van der Waals surface area contributed by atoms with Crippen molar-refractivity contribution in [2.24, 2.45) is 5.10 Å². The van der Waals surface area contributed by atoms with E-state index in [9.17, 15) is 14.7 Å². The second kappa shape index (κ2) is 9.36. The second-order valence-electron chi connectivity index (χ2n) is 6.15. The number of phenols is 1. The number of nitrogens with zero attached hydrogens (tertiary/aromatic N) is 1. The lowest BCUT2D eigenvalue weighted by Crippen LogP contribution is -2.34. The molecule has 0 aliphatic rings. The zero-order valence-electron chi connectivity index (χ0n) is 15.9. The summed E-state index contributed by atoms with van der Waals surface area (Å²) in [5, 5.41) is 18.2. The van der Waals surface area contributed by atoms with Gasteiger partial charge in [-0.25, -0.2) is 5.43 Å². The molecule has 0 saturated carbocycles. The Kier molecular flexibility index (Phi) is 6.42. The summed E-state index contributed by atoms with van der Waals surface area (Å²) in [5.74, 6) is -0.127. The maximum Gasteiger partial charge on any atom is 0.259 e. The summed E-state index contributed by atoms with van der Waals surface area (Å²) in [6, 6.07) is 17.5. The molecular formula is C22H21N3O4. The van der Waals surface area contributed by atoms with E-state index in [0.29, 0.717) is 23.5 Å². The smallest absolute Gasteiger partial charge is 0.259 e. The summed E-state index contributed by atoms with van der Waals surface area (Å²) in [5.41, 5.74) is 3.26. The average Bonchev–Trinajstić information content (AvgIpc) is 2.74. The van der Waals surface area contributed by atoms with Gasteiger partial charge in [0.05, 0.1) is 19.4 Å². The third-order valence-electron chi connectivity index (χ3n) is 4.17. The lowest BCUT2D eigenvalue weighted by atomic mass is 10.0. The molecule has 0 aliphatic heterocycles. The average molecular weight is 391 g/mol. The Hall–Kier alpha value is -3.87. The molecule has 7 nitrogen and oxygen atoms in total. The standard InChI is InChI=1S/C22H21N3O4/c1-2-29-17-10-7-16(8-11-17)22(28)23-14-21(27)25-24-13-19-18-6-4-3-5-15(18)9-12-20(19)26/h3-13,26H,2,14H2,1H3,(H,23,28)(H,25,27). The molecule has 0 bridgehead atoms. The molecule has 0 aliphatic carbocycles. The Morgan fingerprint density at radius 3 is 2.59 bits per heavy atom. The number of phenolic OH excluding ortho intramolecular Hbond substituents is 1. The van der Waals surface area contributed by atoms with Gasteiger partial charge in [0.15, 0.2) is 0 Å². The van der Waals surface area contributed by atoms with Crippen LogP contribution in [0.3, 0.4) is 0 Å². The topological polar surface area (TPSA) is 100 Å². The van der Waals surface area contributed by atoms with E-state index in [2.05, 4.69) is 15.8 Å². The highest BCUT2D eigenvalue weighted by Gasteiger charge is 2.08. The summed E-state index contributed by atoms with van der Waals surface area (Å²) >= 11 is 0. The molecule has 29 heavy (non-hydrogen) atoms. The van der Waals surface area contributed by atoms with E-state index in [4.69, 9.17) is 4.74 Å². The number of rotatable bonds is 7. The van der Waals surface area contributed by atoms with Crippen molar-refractivity contribution in [3.8, 4) is 11.5 Å². The fraction of sp³-hybridized carbons (Fsp3) is 0.136. The number of nitrogens with one attached hydrogen (secondary N) is 2. The van der Waals surface area contributed by atoms with Gasteiger partial charge in [-0.15, -0.1) is 0 Å². The number of carbonyl (C=O) groups is 2. The number of hydrazone groups is 1. The Labute approximate surface area is 168 Å². The van der Waals surface area contributed by atoms with Crippen molar-refractivity contribution in [3.05, 3.63) is 71.8 Å². The molecule has 0 heterocycles. The van der Waals surface area contributed by atoms with E-state index in [1.54, 1.807) is 36.4 Å². The number of ether oxygens (including phenoxy) is 1. The first-order valence-electron chi connectivity index (χ1n) is 9.12. The van der Waals surface area contributed by atoms with Gasteiger partial charge in [-0.3, -0.25) is 9.59 Å². The molecule has 148 valence electrons. The van der Waals surface area contributed by atoms with Crippen molar-refractivity contribution in [1.82, 2.24) is 10.7 Å². The molecule has 0 aromatic heterocycles. The van der Waals surface area contributed by atoms with E-state index in [-0.39, 0.29) is 18.2 Å². The Balaban J connectivity index is 1.55. The highest BCUT2D eigenvalue weighted by Crippen LogP contribution is 2.25. The van der Waals surface area contributed by atoms with Gasteiger partial charge in [-0.05, 0) is 48.0 Å². The number of hydrogen-bond acceptors (Lipinski definition) is 5. The Morgan fingerprint density at radius 1 is 1.07 bits per heavy atom. The lowest BCUT2D eigenvalue weighted by Gasteiger charge is -2.07. The summed E-state index contributed by atoms with van der Waals surface area (Å²) in [7, 11) is 0. The van der Waals surface area contributed by atoms with Crippen LogP contribution < -0.4 is 15.5 Å². The predicted octanol–water partition coefficient (Wildman–Crippen LogP) is 2.82. The quantitative estimate of drug-likeness (QED) is 0.426. The van der Waals surface area contributed by atoms with Gasteiger partial charge in [0.25, 0.3) is 11.8 Å². The van der Waals surface area contributed by atoms with Crippen LogP contribution in [-0.4, -0.2) is 36.3 Å². The fourth-order valence-electron chi connectivity index (χ4n) is 2.76.